The van der Waals surface area contributed by atoms with Gasteiger partial charge < -0.3 is 4.42 Å². The maximum absolute atomic E-state index is 15.7. The number of rotatable bonds is 3. The monoisotopic (exact) mass is 464 g/mol. The number of hydrogen-bond donors (Lipinski definition) is 0. The standard InChI is InChI=1S/C32H31FNO/c1-20-12-17-25-26-19-21(2)30(33)29(24-15-13-23(14-16-24)22-9-5-4-6-10-22)32(26)35-31(25)28(20)27-11-7-8-18-34(27)3/h7-8,11-19,22H,4-6,9-10H2,1-3H3/q+1. The summed E-state index contributed by atoms with van der Waals surface area (Å²) in [4.78, 5) is 0. The third-order valence-electron chi connectivity index (χ3n) is 7.85. The van der Waals surface area contributed by atoms with E-state index in [4.69, 9.17) is 4.42 Å². The normalized spacial score (nSPS) is 14.7. The van der Waals surface area contributed by atoms with Gasteiger partial charge in [-0.3, -0.25) is 0 Å². The molecule has 2 heterocycles. The van der Waals surface area contributed by atoms with E-state index in [-0.39, 0.29) is 5.82 Å². The van der Waals surface area contributed by atoms with E-state index < -0.39 is 0 Å². The molecule has 1 aliphatic rings. The van der Waals surface area contributed by atoms with Gasteiger partial charge in [0.25, 0.3) is 0 Å². The van der Waals surface area contributed by atoms with E-state index in [1.165, 1.54) is 37.7 Å². The molecule has 0 spiro atoms. The fraction of sp³-hybridized carbons (Fsp3) is 0.281. The molecule has 0 saturated heterocycles. The molecule has 6 rings (SSSR count). The molecule has 1 saturated carbocycles. The highest BCUT2D eigenvalue weighted by Gasteiger charge is 2.24. The number of furan rings is 1. The second kappa shape index (κ2) is 8.64. The molecule has 0 aliphatic heterocycles. The van der Waals surface area contributed by atoms with Gasteiger partial charge in [-0.2, -0.15) is 0 Å². The summed E-state index contributed by atoms with van der Waals surface area (Å²) >= 11 is 0. The van der Waals surface area contributed by atoms with Crippen LogP contribution in [0.15, 0.2) is 71.3 Å². The van der Waals surface area contributed by atoms with Gasteiger partial charge >= 0.3 is 0 Å². The Morgan fingerprint density at radius 1 is 0.800 bits per heavy atom. The molecule has 3 heteroatoms. The smallest absolute Gasteiger partial charge is 0.216 e. The molecule has 0 amide bonds. The van der Waals surface area contributed by atoms with Crippen LogP contribution in [0.1, 0.15) is 54.7 Å². The van der Waals surface area contributed by atoms with Crippen molar-refractivity contribution < 1.29 is 13.4 Å². The zero-order chi connectivity index (χ0) is 24.1. The van der Waals surface area contributed by atoms with Gasteiger partial charge in [-0.25, -0.2) is 8.96 Å². The van der Waals surface area contributed by atoms with E-state index in [0.717, 1.165) is 38.7 Å². The maximum Gasteiger partial charge on any atom is 0.216 e. The van der Waals surface area contributed by atoms with Crippen LogP contribution in [0.3, 0.4) is 0 Å². The molecule has 0 bridgehead atoms. The summed E-state index contributed by atoms with van der Waals surface area (Å²) in [5, 5.41) is 1.98. The molecular formula is C32H31FNO+. The van der Waals surface area contributed by atoms with Gasteiger partial charge in [0, 0.05) is 22.9 Å². The van der Waals surface area contributed by atoms with Crippen molar-refractivity contribution in [2.45, 2.75) is 51.9 Å². The molecule has 35 heavy (non-hydrogen) atoms. The van der Waals surface area contributed by atoms with Crippen LogP contribution in [-0.2, 0) is 7.05 Å². The average Bonchev–Trinajstić information content (AvgIpc) is 3.24. The van der Waals surface area contributed by atoms with Gasteiger partial charge in [0.15, 0.2) is 6.20 Å². The number of nitrogens with zero attached hydrogens (tertiary/aromatic N) is 1. The number of benzene rings is 3. The fourth-order valence-electron chi connectivity index (χ4n) is 5.90. The quantitative estimate of drug-likeness (QED) is 0.244. The van der Waals surface area contributed by atoms with Crippen LogP contribution in [0.25, 0.3) is 44.3 Å². The maximum atomic E-state index is 15.7. The van der Waals surface area contributed by atoms with Crippen LogP contribution in [0, 0.1) is 19.7 Å². The van der Waals surface area contributed by atoms with E-state index in [1.807, 2.05) is 38.4 Å². The SMILES string of the molecule is Cc1cc2c(oc3c(-c4cccc[n+]4C)c(C)ccc32)c(-c2ccc(C3CCCCC3)cc2)c1F. The van der Waals surface area contributed by atoms with Gasteiger partial charge in [0.1, 0.15) is 24.0 Å². The van der Waals surface area contributed by atoms with Gasteiger partial charge in [-0.05, 0) is 67.0 Å². The molecule has 2 aromatic heterocycles. The van der Waals surface area contributed by atoms with Crippen LogP contribution < -0.4 is 4.57 Å². The lowest BCUT2D eigenvalue weighted by atomic mass is 9.83. The molecule has 176 valence electrons. The Morgan fingerprint density at radius 3 is 2.29 bits per heavy atom. The van der Waals surface area contributed by atoms with E-state index >= 15 is 4.39 Å². The van der Waals surface area contributed by atoms with Crippen LogP contribution >= 0.6 is 0 Å². The van der Waals surface area contributed by atoms with Crippen LogP contribution in [0.5, 0.6) is 0 Å². The van der Waals surface area contributed by atoms with Crippen LogP contribution in [-0.4, -0.2) is 0 Å². The Balaban J connectivity index is 1.57. The van der Waals surface area contributed by atoms with Crippen molar-refractivity contribution in [3.63, 3.8) is 0 Å². The number of hydrogen-bond acceptors (Lipinski definition) is 1. The van der Waals surface area contributed by atoms with E-state index in [9.17, 15) is 0 Å². The van der Waals surface area contributed by atoms with Gasteiger partial charge in [0.2, 0.25) is 5.69 Å². The molecule has 5 aromatic rings. The van der Waals surface area contributed by atoms with E-state index in [2.05, 4.69) is 54.0 Å². The van der Waals surface area contributed by atoms with Crippen LogP contribution in [0.2, 0.25) is 0 Å². The Hall–Kier alpha value is -3.46. The molecule has 1 fully saturated rings. The van der Waals surface area contributed by atoms with Crippen LogP contribution in [0.4, 0.5) is 4.39 Å². The van der Waals surface area contributed by atoms with Crippen molar-refractivity contribution in [1.29, 1.82) is 0 Å². The van der Waals surface area contributed by atoms with Crippen molar-refractivity contribution in [1.82, 2.24) is 0 Å². The fourth-order valence-corrected chi connectivity index (χ4v) is 5.90. The van der Waals surface area contributed by atoms with Gasteiger partial charge in [-0.15, -0.1) is 0 Å². The minimum Gasteiger partial charge on any atom is -0.454 e. The summed E-state index contributed by atoms with van der Waals surface area (Å²) in [6.07, 6.45) is 8.50. The molecule has 0 unspecified atom stereocenters. The first-order chi connectivity index (χ1) is 17.0. The topological polar surface area (TPSA) is 17.0 Å². The lowest BCUT2D eigenvalue weighted by Gasteiger charge is -2.22. The molecule has 1 aliphatic carbocycles. The Morgan fingerprint density at radius 2 is 1.54 bits per heavy atom. The number of halogens is 1. The molecule has 3 aromatic carbocycles. The molecular weight excluding hydrogens is 433 g/mol. The number of pyridine rings is 1. The predicted molar refractivity (Wildman–Crippen MR) is 141 cm³/mol. The third kappa shape index (κ3) is 3.65. The zero-order valence-electron chi connectivity index (χ0n) is 20.7. The van der Waals surface area contributed by atoms with Crippen molar-refractivity contribution in [3.8, 4) is 22.4 Å². The lowest BCUT2D eigenvalue weighted by Crippen LogP contribution is -2.30. The number of aromatic nitrogens is 1. The highest BCUT2D eigenvalue weighted by molar-refractivity contribution is 6.13. The first-order valence-electron chi connectivity index (χ1n) is 12.7. The number of aryl methyl sites for hydroxylation is 3. The van der Waals surface area contributed by atoms with Crippen molar-refractivity contribution in [2.24, 2.45) is 7.05 Å². The molecule has 0 radical (unpaired) electrons. The summed E-state index contributed by atoms with van der Waals surface area (Å²) in [6.45, 7) is 3.95. The highest BCUT2D eigenvalue weighted by Crippen LogP contribution is 2.43. The number of fused-ring (bicyclic) bond motifs is 3. The predicted octanol–water partition coefficient (Wildman–Crippen LogP) is 8.55. The summed E-state index contributed by atoms with van der Waals surface area (Å²) in [5.74, 6) is 0.425. The van der Waals surface area contributed by atoms with Crippen molar-refractivity contribution in [3.05, 3.63) is 89.4 Å². The first-order valence-corrected chi connectivity index (χ1v) is 12.7. The minimum atomic E-state index is -0.203. The van der Waals surface area contributed by atoms with E-state index in [0.29, 0.717) is 22.6 Å². The van der Waals surface area contributed by atoms with Gasteiger partial charge in [0.05, 0.1) is 11.1 Å². The Labute approximate surface area is 206 Å². The third-order valence-corrected chi connectivity index (χ3v) is 7.85. The summed E-state index contributed by atoms with van der Waals surface area (Å²) < 4.78 is 24.4. The first kappa shape index (κ1) is 22.0. The largest absolute Gasteiger partial charge is 0.454 e. The Bertz CT molecular complexity index is 1560. The van der Waals surface area contributed by atoms with Gasteiger partial charge in [-0.1, -0.05) is 55.7 Å². The molecule has 0 N–H and O–H groups in total. The molecule has 0 atom stereocenters. The summed E-state index contributed by atoms with van der Waals surface area (Å²) in [5.41, 5.74) is 8.14. The van der Waals surface area contributed by atoms with Crippen molar-refractivity contribution >= 4 is 21.9 Å². The minimum absolute atomic E-state index is 0.203. The summed E-state index contributed by atoms with van der Waals surface area (Å²) in [7, 11) is 2.04. The second-order valence-corrected chi connectivity index (χ2v) is 10.1. The lowest BCUT2D eigenvalue weighted by molar-refractivity contribution is -0.660. The second-order valence-electron chi connectivity index (χ2n) is 10.1. The zero-order valence-corrected chi connectivity index (χ0v) is 20.7. The summed E-state index contributed by atoms with van der Waals surface area (Å²) in [6, 6.07) is 20.9. The Kier molecular flexibility index (Phi) is 5.44. The van der Waals surface area contributed by atoms with E-state index in [1.54, 1.807) is 0 Å². The average molecular weight is 465 g/mol. The highest BCUT2D eigenvalue weighted by atomic mass is 19.1. The molecule has 2 nitrogen and oxygen atoms in total. The van der Waals surface area contributed by atoms with Crippen molar-refractivity contribution in [2.75, 3.05) is 0 Å².